The highest BCUT2D eigenvalue weighted by Gasteiger charge is 2.45. The van der Waals surface area contributed by atoms with Crippen LogP contribution in [0, 0.1) is 5.92 Å². The van der Waals surface area contributed by atoms with Crippen molar-refractivity contribution in [3.8, 4) is 0 Å². The number of carbonyl (C=O) groups excluding carboxylic acids is 2. The minimum Gasteiger partial charge on any atom is -0.355 e. The number of rotatable bonds is 5. The van der Waals surface area contributed by atoms with Gasteiger partial charge in [-0.3, -0.25) is 9.59 Å². The van der Waals surface area contributed by atoms with E-state index in [0.29, 0.717) is 18.0 Å². The van der Waals surface area contributed by atoms with Gasteiger partial charge < -0.3 is 16.0 Å². The van der Waals surface area contributed by atoms with E-state index in [4.69, 9.17) is 5.73 Å². The van der Waals surface area contributed by atoms with E-state index in [9.17, 15) is 9.59 Å². The van der Waals surface area contributed by atoms with E-state index < -0.39 is 5.54 Å². The van der Waals surface area contributed by atoms with Crippen LogP contribution >= 0.6 is 0 Å². The summed E-state index contributed by atoms with van der Waals surface area (Å²) in [7, 11) is 3.37. The molecule has 5 nitrogen and oxygen atoms in total. The van der Waals surface area contributed by atoms with E-state index >= 15 is 0 Å². The second-order valence-electron chi connectivity index (χ2n) is 5.99. The molecule has 0 spiro atoms. The lowest BCUT2D eigenvalue weighted by atomic mass is 9.95. The third kappa shape index (κ3) is 3.42. The quantitative estimate of drug-likeness (QED) is 0.853. The van der Waals surface area contributed by atoms with Crippen molar-refractivity contribution in [1.29, 1.82) is 0 Å². The maximum atomic E-state index is 12.4. The SMILES string of the molecule is CNC(=O)c1ccc(CN(C)C(=O)C(C)(N)C2CC2)cc1. The number of carbonyl (C=O) groups is 2. The average Bonchev–Trinajstić information content (AvgIpc) is 3.31. The smallest absolute Gasteiger partial charge is 0.251 e. The Morgan fingerprint density at radius 3 is 2.38 bits per heavy atom. The minimum absolute atomic E-state index is 0.0274. The molecule has 114 valence electrons. The summed E-state index contributed by atoms with van der Waals surface area (Å²) >= 11 is 0. The number of nitrogens with one attached hydrogen (secondary N) is 1. The number of nitrogens with two attached hydrogens (primary N) is 1. The van der Waals surface area contributed by atoms with E-state index in [1.54, 1.807) is 31.1 Å². The summed E-state index contributed by atoms with van der Waals surface area (Å²) < 4.78 is 0. The number of likely N-dealkylation sites (N-methyl/N-ethyl adjacent to an activating group) is 1. The molecular weight excluding hydrogens is 266 g/mol. The molecule has 1 aliphatic rings. The van der Waals surface area contributed by atoms with Gasteiger partial charge in [-0.05, 0) is 43.4 Å². The van der Waals surface area contributed by atoms with Gasteiger partial charge in [0.2, 0.25) is 5.91 Å². The first-order chi connectivity index (χ1) is 9.86. The molecule has 1 aliphatic carbocycles. The van der Waals surface area contributed by atoms with Crippen molar-refractivity contribution in [2.24, 2.45) is 11.7 Å². The Hall–Kier alpha value is -1.88. The number of nitrogens with zero attached hydrogens (tertiary/aromatic N) is 1. The number of hydrogen-bond donors (Lipinski definition) is 2. The van der Waals surface area contributed by atoms with Crippen LogP contribution < -0.4 is 11.1 Å². The largest absolute Gasteiger partial charge is 0.355 e. The fourth-order valence-electron chi connectivity index (χ4n) is 2.52. The molecule has 0 aliphatic heterocycles. The molecule has 0 saturated heterocycles. The first kappa shape index (κ1) is 15.5. The van der Waals surface area contributed by atoms with Crippen LogP contribution in [0.5, 0.6) is 0 Å². The van der Waals surface area contributed by atoms with Crippen LogP contribution in [0.1, 0.15) is 35.7 Å². The van der Waals surface area contributed by atoms with Crippen LogP contribution in [-0.2, 0) is 11.3 Å². The molecule has 1 atom stereocenters. The number of amides is 2. The Balaban J connectivity index is 2.00. The zero-order chi connectivity index (χ0) is 15.6. The summed E-state index contributed by atoms with van der Waals surface area (Å²) in [5, 5.41) is 2.58. The predicted molar refractivity (Wildman–Crippen MR) is 81.6 cm³/mol. The molecule has 1 saturated carbocycles. The predicted octanol–water partition coefficient (Wildman–Crippen LogP) is 1.13. The van der Waals surface area contributed by atoms with Crippen molar-refractivity contribution in [3.05, 3.63) is 35.4 Å². The second kappa shape index (κ2) is 5.85. The van der Waals surface area contributed by atoms with Crippen molar-refractivity contribution in [3.63, 3.8) is 0 Å². The van der Waals surface area contributed by atoms with E-state index in [1.165, 1.54) is 0 Å². The molecular formula is C16H23N3O2. The number of hydrogen-bond acceptors (Lipinski definition) is 3. The van der Waals surface area contributed by atoms with E-state index in [1.807, 2.05) is 19.1 Å². The van der Waals surface area contributed by atoms with Gasteiger partial charge in [-0.1, -0.05) is 12.1 Å². The third-order valence-corrected chi connectivity index (χ3v) is 4.10. The highest BCUT2D eigenvalue weighted by molar-refractivity contribution is 5.94. The molecule has 5 heteroatoms. The zero-order valence-corrected chi connectivity index (χ0v) is 12.8. The molecule has 0 aromatic heterocycles. The molecule has 0 bridgehead atoms. The van der Waals surface area contributed by atoms with Gasteiger partial charge in [-0.15, -0.1) is 0 Å². The van der Waals surface area contributed by atoms with Crippen LogP contribution in [-0.4, -0.2) is 36.3 Å². The minimum atomic E-state index is -0.767. The molecule has 1 fully saturated rings. The fraction of sp³-hybridized carbons (Fsp3) is 0.500. The lowest BCUT2D eigenvalue weighted by molar-refractivity contribution is -0.136. The number of benzene rings is 1. The van der Waals surface area contributed by atoms with Crippen LogP contribution in [0.2, 0.25) is 0 Å². The molecule has 3 N–H and O–H groups in total. The maximum absolute atomic E-state index is 12.4. The monoisotopic (exact) mass is 289 g/mol. The van der Waals surface area contributed by atoms with E-state index in [0.717, 1.165) is 18.4 Å². The van der Waals surface area contributed by atoms with Crippen molar-refractivity contribution in [1.82, 2.24) is 10.2 Å². The van der Waals surface area contributed by atoms with Crippen LogP contribution in [0.4, 0.5) is 0 Å². The normalized spacial score (nSPS) is 17.0. The Labute approximate surface area is 125 Å². The molecule has 0 radical (unpaired) electrons. The molecule has 1 unspecified atom stereocenters. The highest BCUT2D eigenvalue weighted by Crippen LogP contribution is 2.38. The topological polar surface area (TPSA) is 75.4 Å². The van der Waals surface area contributed by atoms with Crippen molar-refractivity contribution in [2.75, 3.05) is 14.1 Å². The van der Waals surface area contributed by atoms with Gasteiger partial charge >= 0.3 is 0 Å². The van der Waals surface area contributed by atoms with Gasteiger partial charge in [0.05, 0.1) is 5.54 Å². The standard InChI is InChI=1S/C16H23N3O2/c1-16(17,13-8-9-13)15(21)19(3)10-11-4-6-12(7-5-11)14(20)18-2/h4-7,13H,8-10,17H2,1-3H3,(H,18,20). The summed E-state index contributed by atoms with van der Waals surface area (Å²) in [5.74, 6) is 0.165. The fourth-order valence-corrected chi connectivity index (χ4v) is 2.52. The molecule has 1 aromatic rings. The van der Waals surface area contributed by atoms with Crippen LogP contribution in [0.3, 0.4) is 0 Å². The van der Waals surface area contributed by atoms with Crippen LogP contribution in [0.25, 0.3) is 0 Å². The molecule has 2 rings (SSSR count). The van der Waals surface area contributed by atoms with Gasteiger partial charge in [0, 0.05) is 26.2 Å². The molecule has 2 amide bonds. The summed E-state index contributed by atoms with van der Waals surface area (Å²) in [6.07, 6.45) is 2.07. The van der Waals surface area contributed by atoms with Crippen molar-refractivity contribution in [2.45, 2.75) is 31.8 Å². The van der Waals surface area contributed by atoms with Crippen molar-refractivity contribution < 1.29 is 9.59 Å². The molecule has 21 heavy (non-hydrogen) atoms. The molecule has 0 heterocycles. The maximum Gasteiger partial charge on any atom is 0.251 e. The second-order valence-corrected chi connectivity index (χ2v) is 5.99. The lowest BCUT2D eigenvalue weighted by Crippen LogP contribution is -2.53. The zero-order valence-electron chi connectivity index (χ0n) is 12.8. The molecule has 1 aromatic carbocycles. The Bertz CT molecular complexity index is 533. The Morgan fingerprint density at radius 1 is 1.33 bits per heavy atom. The Morgan fingerprint density at radius 2 is 1.90 bits per heavy atom. The summed E-state index contributed by atoms with van der Waals surface area (Å²) in [4.78, 5) is 25.5. The summed E-state index contributed by atoms with van der Waals surface area (Å²) in [6.45, 7) is 2.31. The first-order valence-corrected chi connectivity index (χ1v) is 7.21. The van der Waals surface area contributed by atoms with Crippen molar-refractivity contribution >= 4 is 11.8 Å². The first-order valence-electron chi connectivity index (χ1n) is 7.21. The van der Waals surface area contributed by atoms with Gasteiger partial charge in [-0.25, -0.2) is 0 Å². The lowest BCUT2D eigenvalue weighted by Gasteiger charge is -2.29. The van der Waals surface area contributed by atoms with Gasteiger partial charge in [0.15, 0.2) is 0 Å². The summed E-state index contributed by atoms with van der Waals surface area (Å²) in [5.41, 5.74) is 6.98. The van der Waals surface area contributed by atoms with Gasteiger partial charge in [-0.2, -0.15) is 0 Å². The average molecular weight is 289 g/mol. The van der Waals surface area contributed by atoms with Gasteiger partial charge in [0.1, 0.15) is 0 Å². The highest BCUT2D eigenvalue weighted by atomic mass is 16.2. The third-order valence-electron chi connectivity index (χ3n) is 4.10. The Kier molecular flexibility index (Phi) is 4.32. The van der Waals surface area contributed by atoms with E-state index in [-0.39, 0.29) is 11.8 Å². The summed E-state index contributed by atoms with van der Waals surface area (Å²) in [6, 6.07) is 7.24. The van der Waals surface area contributed by atoms with Gasteiger partial charge in [0.25, 0.3) is 5.91 Å². The van der Waals surface area contributed by atoms with E-state index in [2.05, 4.69) is 5.32 Å². The van der Waals surface area contributed by atoms with Crippen LogP contribution in [0.15, 0.2) is 24.3 Å².